The largest absolute Gasteiger partial charge is 0.508 e. The normalized spacial score (nSPS) is 23.1. The molecule has 1 amide bonds. The summed E-state index contributed by atoms with van der Waals surface area (Å²) in [7, 11) is 0. The third-order valence-electron chi connectivity index (χ3n) is 4.03. The van der Waals surface area contributed by atoms with Crippen molar-refractivity contribution in [2.45, 2.75) is 6.04 Å². The zero-order valence-corrected chi connectivity index (χ0v) is 12.0. The number of benzene rings is 1. The van der Waals surface area contributed by atoms with Crippen LogP contribution in [0.1, 0.15) is 0 Å². The van der Waals surface area contributed by atoms with Gasteiger partial charge in [-0.1, -0.05) is 0 Å². The number of aromatic hydroxyl groups is 1. The lowest BCUT2D eigenvalue weighted by molar-refractivity contribution is -0.136. The molecule has 2 aliphatic rings. The van der Waals surface area contributed by atoms with Gasteiger partial charge in [-0.15, -0.1) is 0 Å². The highest BCUT2D eigenvalue weighted by Gasteiger charge is 2.28. The highest BCUT2D eigenvalue weighted by atomic mass is 16.5. The lowest BCUT2D eigenvalue weighted by Gasteiger charge is -2.38. The molecule has 2 heterocycles. The zero-order valence-electron chi connectivity index (χ0n) is 12.0. The summed E-state index contributed by atoms with van der Waals surface area (Å²) < 4.78 is 5.35. The molecule has 1 aromatic carbocycles. The topological polar surface area (TPSA) is 65.0 Å². The van der Waals surface area contributed by atoms with Gasteiger partial charge < -0.3 is 25.0 Å². The molecule has 0 aliphatic carbocycles. The summed E-state index contributed by atoms with van der Waals surface area (Å²) in [4.78, 5) is 16.5. The second-order valence-electron chi connectivity index (χ2n) is 5.41. The summed E-state index contributed by atoms with van der Waals surface area (Å²) in [6.45, 7) is 4.95. The smallest absolute Gasteiger partial charge is 0.242 e. The summed E-state index contributed by atoms with van der Waals surface area (Å²) in [5, 5.41) is 12.5. The van der Waals surface area contributed by atoms with E-state index in [-0.39, 0.29) is 17.7 Å². The first-order valence-electron chi connectivity index (χ1n) is 7.38. The van der Waals surface area contributed by atoms with Gasteiger partial charge in [0.2, 0.25) is 5.91 Å². The summed E-state index contributed by atoms with van der Waals surface area (Å²) in [6.07, 6.45) is 0. The Morgan fingerprint density at radius 3 is 2.52 bits per heavy atom. The molecule has 2 aliphatic heterocycles. The van der Waals surface area contributed by atoms with E-state index in [1.807, 2.05) is 17.0 Å². The fraction of sp³-hybridized carbons (Fsp3) is 0.533. The number of ether oxygens (including phenoxy) is 1. The lowest BCUT2D eigenvalue weighted by Crippen LogP contribution is -2.57. The zero-order chi connectivity index (χ0) is 14.7. The molecule has 3 rings (SSSR count). The Hall–Kier alpha value is -1.79. The number of hydrogen-bond donors (Lipinski definition) is 2. The second-order valence-corrected chi connectivity index (χ2v) is 5.41. The van der Waals surface area contributed by atoms with Gasteiger partial charge in [-0.05, 0) is 24.3 Å². The third kappa shape index (κ3) is 3.28. The predicted octanol–water partition coefficient (Wildman–Crippen LogP) is 0.0292. The number of carbonyl (C=O) groups is 1. The number of nitrogens with zero attached hydrogens (tertiary/aromatic N) is 2. The van der Waals surface area contributed by atoms with Crippen LogP contribution in [0, 0.1) is 0 Å². The Balaban J connectivity index is 1.54. The number of phenols is 1. The van der Waals surface area contributed by atoms with E-state index in [4.69, 9.17) is 4.74 Å². The van der Waals surface area contributed by atoms with Gasteiger partial charge in [0.1, 0.15) is 11.8 Å². The van der Waals surface area contributed by atoms with Crippen LogP contribution in [0.15, 0.2) is 24.3 Å². The Labute approximate surface area is 124 Å². The molecule has 2 fully saturated rings. The van der Waals surface area contributed by atoms with Gasteiger partial charge in [0.05, 0.1) is 13.2 Å². The lowest BCUT2D eigenvalue weighted by atomic mass is 10.2. The minimum absolute atomic E-state index is 0.139. The molecule has 2 N–H and O–H groups in total. The van der Waals surface area contributed by atoms with Crippen molar-refractivity contribution in [3.05, 3.63) is 24.3 Å². The fourth-order valence-corrected chi connectivity index (χ4v) is 2.79. The van der Waals surface area contributed by atoms with E-state index in [0.29, 0.717) is 13.2 Å². The molecule has 0 aromatic heterocycles. The molecule has 0 radical (unpaired) electrons. The van der Waals surface area contributed by atoms with E-state index >= 15 is 0 Å². The van der Waals surface area contributed by atoms with E-state index in [2.05, 4.69) is 10.2 Å². The van der Waals surface area contributed by atoms with Crippen molar-refractivity contribution in [1.82, 2.24) is 10.2 Å². The van der Waals surface area contributed by atoms with Crippen molar-refractivity contribution in [3.8, 4) is 5.75 Å². The van der Waals surface area contributed by atoms with Crippen LogP contribution < -0.4 is 10.2 Å². The fourth-order valence-electron chi connectivity index (χ4n) is 2.79. The van der Waals surface area contributed by atoms with E-state index in [1.54, 1.807) is 12.1 Å². The number of phenolic OH excluding ortho intramolecular Hbond substituents is 1. The van der Waals surface area contributed by atoms with Crippen molar-refractivity contribution in [1.29, 1.82) is 0 Å². The molecule has 1 atom stereocenters. The molecule has 6 heteroatoms. The Bertz CT molecular complexity index is 477. The molecular weight excluding hydrogens is 270 g/mol. The van der Waals surface area contributed by atoms with Crippen LogP contribution in [0.2, 0.25) is 0 Å². The molecule has 114 valence electrons. The summed E-state index contributed by atoms with van der Waals surface area (Å²) in [5.41, 5.74) is 1.08. The van der Waals surface area contributed by atoms with Crippen LogP contribution in [0.3, 0.4) is 0 Å². The summed E-state index contributed by atoms with van der Waals surface area (Å²) in [5.74, 6) is 0.413. The number of hydrogen-bond acceptors (Lipinski definition) is 5. The minimum Gasteiger partial charge on any atom is -0.508 e. The van der Waals surface area contributed by atoms with Gasteiger partial charge in [-0.2, -0.15) is 0 Å². The van der Waals surface area contributed by atoms with Gasteiger partial charge >= 0.3 is 0 Å². The van der Waals surface area contributed by atoms with Gasteiger partial charge in [0.15, 0.2) is 0 Å². The van der Waals surface area contributed by atoms with Crippen molar-refractivity contribution >= 4 is 11.6 Å². The predicted molar refractivity (Wildman–Crippen MR) is 79.5 cm³/mol. The first-order chi connectivity index (χ1) is 10.2. The standard InChI is InChI=1S/C15H21N3O3/c19-13-3-1-12(2-4-13)17-6-8-18(9-7-17)15(20)14-11-21-10-5-16-14/h1-4,14,16,19H,5-11H2. The van der Waals surface area contributed by atoms with Gasteiger partial charge in [-0.25, -0.2) is 0 Å². The monoisotopic (exact) mass is 291 g/mol. The van der Waals surface area contributed by atoms with Crippen LogP contribution in [0.25, 0.3) is 0 Å². The molecular formula is C15H21N3O3. The third-order valence-corrected chi connectivity index (χ3v) is 4.03. The van der Waals surface area contributed by atoms with E-state index in [1.165, 1.54) is 0 Å². The Kier molecular flexibility index (Phi) is 4.26. The first kappa shape index (κ1) is 14.2. The van der Waals surface area contributed by atoms with Crippen molar-refractivity contribution in [2.75, 3.05) is 50.8 Å². The van der Waals surface area contributed by atoms with E-state index < -0.39 is 0 Å². The SMILES string of the molecule is O=C(C1COCCN1)N1CCN(c2ccc(O)cc2)CC1. The Morgan fingerprint density at radius 2 is 1.90 bits per heavy atom. The number of morpholine rings is 1. The van der Waals surface area contributed by atoms with Gasteiger partial charge in [0, 0.05) is 38.4 Å². The van der Waals surface area contributed by atoms with Gasteiger partial charge in [-0.3, -0.25) is 4.79 Å². The highest BCUT2D eigenvalue weighted by molar-refractivity contribution is 5.82. The van der Waals surface area contributed by atoms with Crippen molar-refractivity contribution in [3.63, 3.8) is 0 Å². The summed E-state index contributed by atoms with van der Waals surface area (Å²) >= 11 is 0. The number of rotatable bonds is 2. The molecule has 21 heavy (non-hydrogen) atoms. The van der Waals surface area contributed by atoms with Gasteiger partial charge in [0.25, 0.3) is 0 Å². The van der Waals surface area contributed by atoms with Crippen molar-refractivity contribution in [2.24, 2.45) is 0 Å². The maximum absolute atomic E-state index is 12.4. The molecule has 0 bridgehead atoms. The maximum Gasteiger partial charge on any atom is 0.242 e. The van der Waals surface area contributed by atoms with Crippen LogP contribution in [-0.4, -0.2) is 67.9 Å². The van der Waals surface area contributed by atoms with Crippen LogP contribution in [0.5, 0.6) is 5.75 Å². The number of anilines is 1. The molecule has 2 saturated heterocycles. The average molecular weight is 291 g/mol. The Morgan fingerprint density at radius 1 is 1.19 bits per heavy atom. The highest BCUT2D eigenvalue weighted by Crippen LogP contribution is 2.20. The maximum atomic E-state index is 12.4. The minimum atomic E-state index is -0.195. The number of carbonyl (C=O) groups excluding carboxylic acids is 1. The molecule has 1 unspecified atom stereocenters. The van der Waals surface area contributed by atoms with E-state index in [0.717, 1.165) is 38.4 Å². The van der Waals surface area contributed by atoms with E-state index in [9.17, 15) is 9.90 Å². The number of amides is 1. The van der Waals surface area contributed by atoms with Crippen LogP contribution in [0.4, 0.5) is 5.69 Å². The number of nitrogens with one attached hydrogen (secondary N) is 1. The van der Waals surface area contributed by atoms with Crippen LogP contribution in [-0.2, 0) is 9.53 Å². The second kappa shape index (κ2) is 6.32. The first-order valence-corrected chi connectivity index (χ1v) is 7.38. The molecule has 0 saturated carbocycles. The van der Waals surface area contributed by atoms with Crippen molar-refractivity contribution < 1.29 is 14.6 Å². The summed E-state index contributed by atoms with van der Waals surface area (Å²) in [6, 6.07) is 7.00. The molecule has 6 nitrogen and oxygen atoms in total. The quantitative estimate of drug-likeness (QED) is 0.805. The average Bonchev–Trinajstić information content (AvgIpc) is 2.56. The molecule has 0 spiro atoms. The van der Waals surface area contributed by atoms with Crippen LogP contribution >= 0.6 is 0 Å². The number of piperazine rings is 1. The molecule has 1 aromatic rings.